The van der Waals surface area contributed by atoms with E-state index >= 15 is 0 Å². The zero-order valence-corrected chi connectivity index (χ0v) is 8.65. The average Bonchev–Trinajstić information content (AvgIpc) is 2.30. The highest BCUT2D eigenvalue weighted by Gasteiger charge is 2.13. The van der Waals surface area contributed by atoms with E-state index in [4.69, 9.17) is 10.5 Å². The number of rotatable bonds is 3. The molecule has 1 aromatic heterocycles. The Balaban J connectivity index is 1.79. The minimum atomic E-state index is 0.304. The predicted octanol–water partition coefficient (Wildman–Crippen LogP) is 1.04. The first kappa shape index (κ1) is 10.2. The number of ether oxygens (including phenoxy) is 1. The van der Waals surface area contributed by atoms with Crippen LogP contribution < -0.4 is 11.1 Å². The van der Waals surface area contributed by atoms with E-state index < -0.39 is 0 Å². The number of nitrogens with one attached hydrogen (secondary N) is 1. The lowest BCUT2D eigenvalue weighted by Crippen LogP contribution is -2.27. The normalized spacial score (nSPS) is 21.2. The van der Waals surface area contributed by atoms with Gasteiger partial charge < -0.3 is 15.8 Å². The van der Waals surface area contributed by atoms with Gasteiger partial charge in [-0.25, -0.2) is 0 Å². The van der Waals surface area contributed by atoms with Crippen molar-refractivity contribution >= 4 is 11.6 Å². The lowest BCUT2D eigenvalue weighted by Gasteiger charge is -2.22. The molecule has 2 rings (SSSR count). The van der Waals surface area contributed by atoms with Gasteiger partial charge in [-0.05, 0) is 31.4 Å². The molecule has 15 heavy (non-hydrogen) atoms. The second-order valence-electron chi connectivity index (χ2n) is 3.71. The molecule has 5 heteroatoms. The molecule has 0 saturated carbocycles. The van der Waals surface area contributed by atoms with Crippen molar-refractivity contribution in [2.75, 3.05) is 24.2 Å². The lowest BCUT2D eigenvalue weighted by atomic mass is 10.1. The van der Waals surface area contributed by atoms with E-state index in [1.165, 1.54) is 12.8 Å². The molecule has 1 aromatic rings. The van der Waals surface area contributed by atoms with Gasteiger partial charge >= 0.3 is 0 Å². The van der Waals surface area contributed by atoms with Crippen LogP contribution in [0.3, 0.4) is 0 Å². The summed E-state index contributed by atoms with van der Waals surface area (Å²) in [5.41, 5.74) is 5.44. The van der Waals surface area contributed by atoms with E-state index in [1.807, 2.05) is 6.07 Å². The minimum absolute atomic E-state index is 0.304. The van der Waals surface area contributed by atoms with Crippen LogP contribution in [0, 0.1) is 0 Å². The fourth-order valence-electron chi connectivity index (χ4n) is 1.62. The number of nitrogen functional groups attached to an aromatic ring is 1. The van der Waals surface area contributed by atoms with Crippen molar-refractivity contribution in [1.29, 1.82) is 0 Å². The SMILES string of the molecule is Nc1ccc(NCC2CCCCO2)nn1. The van der Waals surface area contributed by atoms with Crippen molar-refractivity contribution in [2.24, 2.45) is 0 Å². The van der Waals surface area contributed by atoms with Crippen LogP contribution in [0.2, 0.25) is 0 Å². The standard InChI is InChI=1S/C10H16N4O/c11-9-4-5-10(14-13-9)12-7-8-3-1-2-6-15-8/h4-5,8H,1-3,6-7H2,(H2,11,13)(H,12,14). The smallest absolute Gasteiger partial charge is 0.148 e. The fourth-order valence-corrected chi connectivity index (χ4v) is 1.62. The fraction of sp³-hybridized carbons (Fsp3) is 0.600. The second-order valence-corrected chi connectivity index (χ2v) is 3.71. The van der Waals surface area contributed by atoms with Gasteiger partial charge in [0.2, 0.25) is 0 Å². The van der Waals surface area contributed by atoms with Crippen LogP contribution in [-0.4, -0.2) is 29.5 Å². The highest BCUT2D eigenvalue weighted by Crippen LogP contribution is 2.13. The molecule has 0 radical (unpaired) electrons. The van der Waals surface area contributed by atoms with Crippen LogP contribution in [0.15, 0.2) is 12.1 Å². The maximum Gasteiger partial charge on any atom is 0.148 e. The molecule has 5 nitrogen and oxygen atoms in total. The van der Waals surface area contributed by atoms with Crippen molar-refractivity contribution < 1.29 is 4.74 Å². The molecular formula is C10H16N4O. The van der Waals surface area contributed by atoms with Crippen molar-refractivity contribution in [3.63, 3.8) is 0 Å². The van der Waals surface area contributed by atoms with Gasteiger partial charge in [-0.2, -0.15) is 0 Å². The number of anilines is 2. The van der Waals surface area contributed by atoms with Crippen molar-refractivity contribution in [2.45, 2.75) is 25.4 Å². The maximum absolute atomic E-state index is 5.59. The van der Waals surface area contributed by atoms with Gasteiger partial charge in [0.15, 0.2) is 0 Å². The molecule has 0 bridgehead atoms. The zero-order valence-electron chi connectivity index (χ0n) is 8.65. The molecule has 2 heterocycles. The molecular weight excluding hydrogens is 192 g/mol. The van der Waals surface area contributed by atoms with E-state index in [-0.39, 0.29) is 0 Å². The Hall–Kier alpha value is -1.36. The Kier molecular flexibility index (Phi) is 3.34. The first-order chi connectivity index (χ1) is 7.34. The molecule has 0 aliphatic carbocycles. The number of aromatic nitrogens is 2. The van der Waals surface area contributed by atoms with Gasteiger partial charge in [-0.3, -0.25) is 0 Å². The summed E-state index contributed by atoms with van der Waals surface area (Å²) >= 11 is 0. The van der Waals surface area contributed by atoms with E-state index in [0.29, 0.717) is 11.9 Å². The molecule has 1 aliphatic rings. The number of hydrogen-bond donors (Lipinski definition) is 2. The monoisotopic (exact) mass is 208 g/mol. The van der Waals surface area contributed by atoms with Crippen molar-refractivity contribution in [3.05, 3.63) is 12.1 Å². The molecule has 1 atom stereocenters. The molecule has 1 aliphatic heterocycles. The van der Waals surface area contributed by atoms with E-state index in [0.717, 1.165) is 25.4 Å². The van der Waals surface area contributed by atoms with Gasteiger partial charge in [-0.1, -0.05) is 0 Å². The maximum atomic E-state index is 5.59. The number of hydrogen-bond acceptors (Lipinski definition) is 5. The molecule has 0 spiro atoms. The Labute approximate surface area is 89.0 Å². The van der Waals surface area contributed by atoms with Gasteiger partial charge in [-0.15, -0.1) is 10.2 Å². The molecule has 0 amide bonds. The summed E-state index contributed by atoms with van der Waals surface area (Å²) in [5.74, 6) is 1.19. The quantitative estimate of drug-likeness (QED) is 0.776. The third kappa shape index (κ3) is 3.06. The summed E-state index contributed by atoms with van der Waals surface area (Å²) in [5, 5.41) is 10.9. The lowest BCUT2D eigenvalue weighted by molar-refractivity contribution is 0.0247. The molecule has 82 valence electrons. The highest BCUT2D eigenvalue weighted by atomic mass is 16.5. The van der Waals surface area contributed by atoms with Gasteiger partial charge in [0.1, 0.15) is 11.6 Å². The average molecular weight is 208 g/mol. The molecule has 1 saturated heterocycles. The van der Waals surface area contributed by atoms with E-state index in [2.05, 4.69) is 15.5 Å². The van der Waals surface area contributed by atoms with Gasteiger partial charge in [0, 0.05) is 13.2 Å². The van der Waals surface area contributed by atoms with Gasteiger partial charge in [0.25, 0.3) is 0 Å². The first-order valence-corrected chi connectivity index (χ1v) is 5.29. The first-order valence-electron chi connectivity index (χ1n) is 5.29. The summed E-state index contributed by atoms with van der Waals surface area (Å²) in [7, 11) is 0. The Morgan fingerprint density at radius 2 is 2.33 bits per heavy atom. The van der Waals surface area contributed by atoms with E-state index in [9.17, 15) is 0 Å². The zero-order chi connectivity index (χ0) is 10.5. The van der Waals surface area contributed by atoms with Crippen LogP contribution in [0.1, 0.15) is 19.3 Å². The second kappa shape index (κ2) is 4.93. The largest absolute Gasteiger partial charge is 0.382 e. The Morgan fingerprint density at radius 3 is 3.00 bits per heavy atom. The topological polar surface area (TPSA) is 73.1 Å². The highest BCUT2D eigenvalue weighted by molar-refractivity contribution is 5.38. The summed E-state index contributed by atoms with van der Waals surface area (Å²) in [6, 6.07) is 3.56. The molecule has 1 unspecified atom stereocenters. The molecule has 3 N–H and O–H groups in total. The van der Waals surface area contributed by atoms with Crippen LogP contribution >= 0.6 is 0 Å². The van der Waals surface area contributed by atoms with Crippen LogP contribution in [-0.2, 0) is 4.74 Å². The summed E-state index contributed by atoms with van der Waals surface area (Å²) in [6.07, 6.45) is 3.85. The third-order valence-electron chi connectivity index (χ3n) is 2.47. The summed E-state index contributed by atoms with van der Waals surface area (Å²) in [4.78, 5) is 0. The number of nitrogens with two attached hydrogens (primary N) is 1. The number of nitrogens with zero attached hydrogens (tertiary/aromatic N) is 2. The third-order valence-corrected chi connectivity index (χ3v) is 2.47. The molecule has 0 aromatic carbocycles. The van der Waals surface area contributed by atoms with Crippen LogP contribution in [0.4, 0.5) is 11.6 Å². The van der Waals surface area contributed by atoms with Gasteiger partial charge in [0.05, 0.1) is 6.10 Å². The van der Waals surface area contributed by atoms with Crippen molar-refractivity contribution in [1.82, 2.24) is 10.2 Å². The predicted molar refractivity (Wildman–Crippen MR) is 58.5 cm³/mol. The van der Waals surface area contributed by atoms with Crippen molar-refractivity contribution in [3.8, 4) is 0 Å². The van der Waals surface area contributed by atoms with Crippen LogP contribution in [0.5, 0.6) is 0 Å². The van der Waals surface area contributed by atoms with E-state index in [1.54, 1.807) is 6.07 Å². The minimum Gasteiger partial charge on any atom is -0.382 e. The summed E-state index contributed by atoms with van der Waals surface area (Å²) in [6.45, 7) is 1.67. The van der Waals surface area contributed by atoms with Crippen LogP contribution in [0.25, 0.3) is 0 Å². The summed E-state index contributed by atoms with van der Waals surface area (Å²) < 4.78 is 5.59. The molecule has 1 fully saturated rings. The Bertz CT molecular complexity index is 295. The Morgan fingerprint density at radius 1 is 1.40 bits per heavy atom.